The maximum atomic E-state index is 5.72. The van der Waals surface area contributed by atoms with Crippen LogP contribution in [0.1, 0.15) is 6.92 Å². The SMILES string of the molecule is CCOC(=S)Nc1ccc(Cl)cc1. The summed E-state index contributed by atoms with van der Waals surface area (Å²) in [6.45, 7) is 2.45. The van der Waals surface area contributed by atoms with Crippen LogP contribution < -0.4 is 5.32 Å². The highest BCUT2D eigenvalue weighted by Crippen LogP contribution is 2.13. The number of ether oxygens (including phenoxy) is 1. The van der Waals surface area contributed by atoms with E-state index < -0.39 is 0 Å². The zero-order valence-electron chi connectivity index (χ0n) is 7.21. The summed E-state index contributed by atoms with van der Waals surface area (Å²) in [6, 6.07) is 7.26. The molecule has 0 fully saturated rings. The molecule has 4 heteroatoms. The van der Waals surface area contributed by atoms with Gasteiger partial charge >= 0.3 is 0 Å². The molecule has 0 amide bonds. The minimum Gasteiger partial charge on any atom is -0.471 e. The molecule has 70 valence electrons. The Balaban J connectivity index is 2.54. The molecule has 0 aliphatic rings. The second-order valence-electron chi connectivity index (χ2n) is 2.35. The number of hydrogen-bond acceptors (Lipinski definition) is 2. The Morgan fingerprint density at radius 1 is 1.46 bits per heavy atom. The Morgan fingerprint density at radius 3 is 2.62 bits per heavy atom. The first-order valence-corrected chi connectivity index (χ1v) is 4.70. The van der Waals surface area contributed by atoms with Crippen LogP contribution in [0, 0.1) is 0 Å². The molecule has 0 aromatic heterocycles. The van der Waals surface area contributed by atoms with E-state index in [9.17, 15) is 0 Å². The summed E-state index contributed by atoms with van der Waals surface area (Å²) < 4.78 is 5.06. The summed E-state index contributed by atoms with van der Waals surface area (Å²) >= 11 is 10.6. The van der Waals surface area contributed by atoms with Crippen molar-refractivity contribution in [3.63, 3.8) is 0 Å². The molecule has 0 spiro atoms. The molecule has 0 radical (unpaired) electrons. The average molecular weight is 216 g/mol. The Hall–Kier alpha value is -0.800. The minimum absolute atomic E-state index is 0.379. The fourth-order valence-corrected chi connectivity index (χ4v) is 1.18. The smallest absolute Gasteiger partial charge is 0.261 e. The lowest BCUT2D eigenvalue weighted by Crippen LogP contribution is -2.12. The highest BCUT2D eigenvalue weighted by molar-refractivity contribution is 7.80. The lowest BCUT2D eigenvalue weighted by molar-refractivity contribution is 0.335. The first-order valence-electron chi connectivity index (χ1n) is 3.91. The maximum Gasteiger partial charge on any atom is 0.261 e. The van der Waals surface area contributed by atoms with Crippen LogP contribution in [-0.4, -0.2) is 11.8 Å². The first-order chi connectivity index (χ1) is 6.22. The molecule has 2 nitrogen and oxygen atoms in total. The molecule has 13 heavy (non-hydrogen) atoms. The van der Waals surface area contributed by atoms with Gasteiger partial charge in [0.05, 0.1) is 6.61 Å². The molecule has 0 atom stereocenters. The second-order valence-corrected chi connectivity index (χ2v) is 3.16. The van der Waals surface area contributed by atoms with E-state index in [1.807, 2.05) is 19.1 Å². The molecule has 0 aliphatic carbocycles. The van der Waals surface area contributed by atoms with Crippen molar-refractivity contribution in [1.82, 2.24) is 0 Å². The van der Waals surface area contributed by atoms with Crippen LogP contribution in [0.15, 0.2) is 24.3 Å². The van der Waals surface area contributed by atoms with Gasteiger partial charge in [-0.2, -0.15) is 0 Å². The number of hydrogen-bond donors (Lipinski definition) is 1. The Morgan fingerprint density at radius 2 is 2.08 bits per heavy atom. The van der Waals surface area contributed by atoms with Crippen molar-refractivity contribution in [2.45, 2.75) is 6.92 Å². The molecule has 0 unspecified atom stereocenters. The van der Waals surface area contributed by atoms with Crippen LogP contribution in [0.4, 0.5) is 5.69 Å². The molecule has 1 rings (SSSR count). The highest BCUT2D eigenvalue weighted by atomic mass is 35.5. The normalized spacial score (nSPS) is 9.38. The quantitative estimate of drug-likeness (QED) is 0.767. The van der Waals surface area contributed by atoms with Gasteiger partial charge in [-0.25, -0.2) is 0 Å². The molecule has 0 aliphatic heterocycles. The van der Waals surface area contributed by atoms with E-state index in [-0.39, 0.29) is 0 Å². The van der Waals surface area contributed by atoms with E-state index in [1.165, 1.54) is 0 Å². The predicted octanol–water partition coefficient (Wildman–Crippen LogP) is 3.07. The van der Waals surface area contributed by atoms with E-state index in [2.05, 4.69) is 5.32 Å². The maximum absolute atomic E-state index is 5.72. The van der Waals surface area contributed by atoms with Crippen molar-refractivity contribution in [3.05, 3.63) is 29.3 Å². The van der Waals surface area contributed by atoms with Gasteiger partial charge in [-0.3, -0.25) is 0 Å². The van der Waals surface area contributed by atoms with Gasteiger partial charge < -0.3 is 10.1 Å². The van der Waals surface area contributed by atoms with E-state index in [1.54, 1.807) is 12.1 Å². The topological polar surface area (TPSA) is 21.3 Å². The third-order valence-electron chi connectivity index (χ3n) is 1.37. The van der Waals surface area contributed by atoms with Gasteiger partial charge in [-0.05, 0) is 43.4 Å². The van der Waals surface area contributed by atoms with Crippen molar-refractivity contribution in [3.8, 4) is 0 Å². The Kier molecular flexibility index (Phi) is 3.99. The molecule has 0 heterocycles. The van der Waals surface area contributed by atoms with E-state index >= 15 is 0 Å². The van der Waals surface area contributed by atoms with Crippen molar-refractivity contribution in [1.29, 1.82) is 0 Å². The van der Waals surface area contributed by atoms with E-state index in [0.29, 0.717) is 16.8 Å². The van der Waals surface area contributed by atoms with Crippen LogP contribution in [0.3, 0.4) is 0 Å². The standard InChI is InChI=1S/C9H10ClNOS/c1-2-12-9(13)11-8-5-3-7(10)4-6-8/h3-6H,2H2,1H3,(H,11,13). The third-order valence-corrected chi connectivity index (χ3v) is 1.84. The van der Waals surface area contributed by atoms with Crippen molar-refractivity contribution in [2.75, 3.05) is 11.9 Å². The van der Waals surface area contributed by atoms with Crippen LogP contribution in [-0.2, 0) is 4.74 Å². The van der Waals surface area contributed by atoms with Gasteiger partial charge in [0.1, 0.15) is 0 Å². The fourth-order valence-electron chi connectivity index (χ4n) is 0.818. The molecule has 1 aromatic carbocycles. The molecular weight excluding hydrogens is 206 g/mol. The number of rotatable bonds is 2. The van der Waals surface area contributed by atoms with Crippen LogP contribution in [0.5, 0.6) is 0 Å². The number of halogens is 1. The van der Waals surface area contributed by atoms with E-state index in [4.69, 9.17) is 28.6 Å². The van der Waals surface area contributed by atoms with Gasteiger partial charge in [-0.15, -0.1) is 0 Å². The molecule has 0 bridgehead atoms. The number of anilines is 1. The van der Waals surface area contributed by atoms with Gasteiger partial charge in [0, 0.05) is 10.7 Å². The van der Waals surface area contributed by atoms with Gasteiger partial charge in [0.2, 0.25) is 0 Å². The van der Waals surface area contributed by atoms with E-state index in [0.717, 1.165) is 5.69 Å². The molecule has 0 saturated heterocycles. The largest absolute Gasteiger partial charge is 0.471 e. The van der Waals surface area contributed by atoms with Crippen LogP contribution in [0.25, 0.3) is 0 Å². The third kappa shape index (κ3) is 3.61. The summed E-state index contributed by atoms with van der Waals surface area (Å²) in [5, 5.41) is 4.00. The summed E-state index contributed by atoms with van der Waals surface area (Å²) in [5.74, 6) is 0. The summed E-state index contributed by atoms with van der Waals surface area (Å²) in [6.07, 6.45) is 0. The lowest BCUT2D eigenvalue weighted by Gasteiger charge is -2.07. The zero-order valence-corrected chi connectivity index (χ0v) is 8.78. The molecule has 1 N–H and O–H groups in total. The summed E-state index contributed by atoms with van der Waals surface area (Å²) in [4.78, 5) is 0. The highest BCUT2D eigenvalue weighted by Gasteiger charge is 1.96. The minimum atomic E-state index is 0.379. The summed E-state index contributed by atoms with van der Waals surface area (Å²) in [7, 11) is 0. The average Bonchev–Trinajstić information content (AvgIpc) is 2.09. The molecule has 0 saturated carbocycles. The van der Waals surface area contributed by atoms with Crippen LogP contribution in [0.2, 0.25) is 5.02 Å². The summed E-state index contributed by atoms with van der Waals surface area (Å²) in [5.41, 5.74) is 0.878. The van der Waals surface area contributed by atoms with Gasteiger partial charge in [0.25, 0.3) is 5.17 Å². The second kappa shape index (κ2) is 5.04. The zero-order chi connectivity index (χ0) is 9.68. The number of benzene rings is 1. The molecule has 1 aromatic rings. The fraction of sp³-hybridized carbons (Fsp3) is 0.222. The Labute approximate surface area is 87.9 Å². The predicted molar refractivity (Wildman–Crippen MR) is 59.3 cm³/mol. The van der Waals surface area contributed by atoms with Crippen molar-refractivity contribution < 1.29 is 4.74 Å². The van der Waals surface area contributed by atoms with Crippen molar-refractivity contribution in [2.24, 2.45) is 0 Å². The van der Waals surface area contributed by atoms with Crippen LogP contribution >= 0.6 is 23.8 Å². The van der Waals surface area contributed by atoms with Crippen molar-refractivity contribution >= 4 is 34.7 Å². The molecular formula is C9H10ClNOS. The lowest BCUT2D eigenvalue weighted by atomic mass is 10.3. The first kappa shape index (κ1) is 10.3. The van der Waals surface area contributed by atoms with Gasteiger partial charge in [-0.1, -0.05) is 11.6 Å². The number of thiocarbonyl (C=S) groups is 1. The number of nitrogens with one attached hydrogen (secondary N) is 1. The monoisotopic (exact) mass is 215 g/mol. The van der Waals surface area contributed by atoms with Gasteiger partial charge in [0.15, 0.2) is 0 Å². The Bertz CT molecular complexity index is 286.